The van der Waals surface area contributed by atoms with Gasteiger partial charge in [-0.15, -0.1) is 0 Å². The lowest BCUT2D eigenvalue weighted by Crippen LogP contribution is -2.56. The van der Waals surface area contributed by atoms with Crippen molar-refractivity contribution in [3.63, 3.8) is 0 Å². The predicted octanol–water partition coefficient (Wildman–Crippen LogP) is 0.679. The Kier molecular flexibility index (Phi) is 5.03. The summed E-state index contributed by atoms with van der Waals surface area (Å²) in [6, 6.07) is -1.44. The number of likely N-dealkylation sites (tertiary alicyclic amines) is 1. The molecule has 2 fully saturated rings. The first-order valence-electron chi connectivity index (χ1n) is 7.57. The lowest BCUT2D eigenvalue weighted by Gasteiger charge is -2.44. The molecular formula is C14H23N3O4. The van der Waals surface area contributed by atoms with E-state index in [4.69, 9.17) is 10.8 Å². The minimum absolute atomic E-state index is 0.204. The normalized spacial score (nSPS) is 26.6. The van der Waals surface area contributed by atoms with Crippen LogP contribution >= 0.6 is 0 Å². The highest BCUT2D eigenvalue weighted by Gasteiger charge is 2.36. The highest BCUT2D eigenvalue weighted by molar-refractivity contribution is 5.87. The van der Waals surface area contributed by atoms with Crippen LogP contribution in [0.3, 0.4) is 0 Å². The third-order valence-corrected chi connectivity index (χ3v) is 4.51. The Morgan fingerprint density at radius 2 is 1.86 bits per heavy atom. The van der Waals surface area contributed by atoms with E-state index in [1.54, 1.807) is 4.90 Å². The fraction of sp³-hybridized carbons (Fsp3) is 0.786. The molecule has 0 aromatic heterocycles. The van der Waals surface area contributed by atoms with Gasteiger partial charge >= 0.3 is 12.0 Å². The minimum Gasteiger partial charge on any atom is -0.480 e. The molecule has 1 aliphatic carbocycles. The third kappa shape index (κ3) is 3.86. The Morgan fingerprint density at radius 3 is 2.52 bits per heavy atom. The Bertz CT molecular complexity index is 424. The van der Waals surface area contributed by atoms with E-state index < -0.39 is 17.9 Å². The maximum Gasteiger partial charge on any atom is 0.326 e. The average molecular weight is 297 g/mol. The molecular weight excluding hydrogens is 274 g/mol. The first-order valence-corrected chi connectivity index (χ1v) is 7.57. The smallest absolute Gasteiger partial charge is 0.326 e. The number of nitrogens with one attached hydrogen (secondary N) is 1. The predicted molar refractivity (Wildman–Crippen MR) is 75.5 cm³/mol. The van der Waals surface area contributed by atoms with Crippen LogP contribution < -0.4 is 11.1 Å². The summed E-state index contributed by atoms with van der Waals surface area (Å²) in [6.07, 6.45) is 6.12. The number of fused-ring (bicyclic) bond motifs is 1. The van der Waals surface area contributed by atoms with E-state index in [2.05, 4.69) is 5.32 Å². The molecule has 3 amide bonds. The number of primary amides is 1. The molecule has 7 nitrogen and oxygen atoms in total. The minimum atomic E-state index is -1.25. The number of urea groups is 1. The number of piperidine rings is 1. The van der Waals surface area contributed by atoms with E-state index in [0.29, 0.717) is 12.5 Å². The van der Waals surface area contributed by atoms with Crippen molar-refractivity contribution in [1.82, 2.24) is 10.2 Å². The quantitative estimate of drug-likeness (QED) is 0.708. The molecule has 1 aliphatic heterocycles. The van der Waals surface area contributed by atoms with Crippen molar-refractivity contribution in [2.75, 3.05) is 6.54 Å². The fourth-order valence-corrected chi connectivity index (χ4v) is 3.51. The average Bonchev–Trinajstić information content (AvgIpc) is 2.45. The van der Waals surface area contributed by atoms with Gasteiger partial charge in [0.25, 0.3) is 0 Å². The van der Waals surface area contributed by atoms with Gasteiger partial charge in [0.1, 0.15) is 6.04 Å². The molecule has 1 saturated carbocycles. The molecule has 3 atom stereocenters. The summed E-state index contributed by atoms with van der Waals surface area (Å²) in [5, 5.41) is 11.5. The molecule has 0 aromatic carbocycles. The maximum absolute atomic E-state index is 12.3. The molecule has 2 rings (SSSR count). The van der Waals surface area contributed by atoms with Gasteiger partial charge in [0.05, 0.1) is 6.42 Å². The van der Waals surface area contributed by atoms with E-state index in [1.807, 2.05) is 0 Å². The van der Waals surface area contributed by atoms with Crippen LogP contribution in [-0.4, -0.2) is 46.5 Å². The summed E-state index contributed by atoms with van der Waals surface area (Å²) in [5.41, 5.74) is 5.02. The molecule has 0 unspecified atom stereocenters. The number of carbonyl (C=O) groups excluding carboxylic acids is 2. The van der Waals surface area contributed by atoms with Crippen molar-refractivity contribution in [1.29, 1.82) is 0 Å². The zero-order valence-electron chi connectivity index (χ0n) is 12.1. The van der Waals surface area contributed by atoms with Gasteiger partial charge in [-0.1, -0.05) is 12.8 Å². The number of hydrogen-bond acceptors (Lipinski definition) is 3. The second kappa shape index (κ2) is 6.78. The Morgan fingerprint density at radius 1 is 1.19 bits per heavy atom. The number of rotatable bonds is 4. The monoisotopic (exact) mass is 297 g/mol. The van der Waals surface area contributed by atoms with Crippen LogP contribution in [0.5, 0.6) is 0 Å². The van der Waals surface area contributed by atoms with Gasteiger partial charge in [0.15, 0.2) is 0 Å². The Hall–Kier alpha value is -1.79. The number of carbonyl (C=O) groups is 3. The number of aliphatic carboxylic acids is 1. The zero-order chi connectivity index (χ0) is 15.4. The van der Waals surface area contributed by atoms with E-state index in [9.17, 15) is 14.4 Å². The molecule has 21 heavy (non-hydrogen) atoms. The van der Waals surface area contributed by atoms with Gasteiger partial charge in [-0.25, -0.2) is 9.59 Å². The van der Waals surface area contributed by atoms with E-state index in [-0.39, 0.29) is 18.5 Å². The van der Waals surface area contributed by atoms with Gasteiger partial charge < -0.3 is 21.1 Å². The van der Waals surface area contributed by atoms with E-state index in [1.165, 1.54) is 6.42 Å². The van der Waals surface area contributed by atoms with Gasteiger partial charge in [-0.3, -0.25) is 4.79 Å². The molecule has 0 radical (unpaired) electrons. The second-order valence-electron chi connectivity index (χ2n) is 5.96. The molecule has 0 spiro atoms. The van der Waals surface area contributed by atoms with Crippen LogP contribution in [0.15, 0.2) is 0 Å². The van der Waals surface area contributed by atoms with Crippen molar-refractivity contribution in [3.8, 4) is 0 Å². The Labute approximate surface area is 123 Å². The van der Waals surface area contributed by atoms with Crippen LogP contribution in [0.25, 0.3) is 0 Å². The molecule has 2 aliphatic rings. The van der Waals surface area contributed by atoms with Crippen LogP contribution in [0.4, 0.5) is 4.79 Å². The summed E-state index contributed by atoms with van der Waals surface area (Å²) in [6.45, 7) is 0.649. The first kappa shape index (κ1) is 15.6. The van der Waals surface area contributed by atoms with Gasteiger partial charge in [-0.2, -0.15) is 0 Å². The summed E-state index contributed by atoms with van der Waals surface area (Å²) in [4.78, 5) is 36.1. The van der Waals surface area contributed by atoms with Crippen molar-refractivity contribution in [2.24, 2.45) is 11.7 Å². The van der Waals surface area contributed by atoms with Crippen molar-refractivity contribution in [2.45, 2.75) is 57.0 Å². The summed E-state index contributed by atoms with van der Waals surface area (Å²) in [5.74, 6) is -1.45. The maximum atomic E-state index is 12.3. The number of hydrogen-bond donors (Lipinski definition) is 3. The second-order valence-corrected chi connectivity index (χ2v) is 5.96. The highest BCUT2D eigenvalue weighted by Crippen LogP contribution is 2.35. The molecule has 0 bridgehead atoms. The standard InChI is InChI=1S/C14H23N3O4/c15-12(18)8-10(13(19)20)16-14(21)17-7-3-5-9-4-1-2-6-11(9)17/h9-11H,1-8H2,(H2,15,18)(H,16,21)(H,19,20)/t9-,10-,11-/m1/s1. The molecule has 0 aromatic rings. The number of amides is 3. The van der Waals surface area contributed by atoms with Gasteiger partial charge in [-0.05, 0) is 31.6 Å². The fourth-order valence-electron chi connectivity index (χ4n) is 3.51. The van der Waals surface area contributed by atoms with Crippen LogP contribution in [-0.2, 0) is 9.59 Å². The number of carboxylic acid groups (broad SMARTS) is 1. The number of nitrogens with zero attached hydrogens (tertiary/aromatic N) is 1. The molecule has 118 valence electrons. The first-order chi connectivity index (χ1) is 9.99. The van der Waals surface area contributed by atoms with Gasteiger partial charge in [0, 0.05) is 12.6 Å². The summed E-state index contributed by atoms with van der Waals surface area (Å²) in [7, 11) is 0. The van der Waals surface area contributed by atoms with E-state index in [0.717, 1.165) is 32.1 Å². The third-order valence-electron chi connectivity index (χ3n) is 4.51. The Balaban J connectivity index is 2.00. The van der Waals surface area contributed by atoms with Crippen molar-refractivity contribution >= 4 is 17.9 Å². The van der Waals surface area contributed by atoms with Crippen LogP contribution in [0.2, 0.25) is 0 Å². The van der Waals surface area contributed by atoms with Crippen molar-refractivity contribution in [3.05, 3.63) is 0 Å². The molecule has 7 heteroatoms. The zero-order valence-corrected chi connectivity index (χ0v) is 12.1. The molecule has 1 saturated heterocycles. The lowest BCUT2D eigenvalue weighted by molar-refractivity contribution is -0.141. The van der Waals surface area contributed by atoms with Crippen LogP contribution in [0, 0.1) is 5.92 Å². The SMILES string of the molecule is NC(=O)C[C@@H](NC(=O)N1CCC[C@H]2CCCC[C@H]21)C(=O)O. The number of nitrogens with two attached hydrogens (primary N) is 1. The summed E-state index contributed by atoms with van der Waals surface area (Å²) < 4.78 is 0. The largest absolute Gasteiger partial charge is 0.480 e. The lowest BCUT2D eigenvalue weighted by atomic mass is 9.78. The van der Waals surface area contributed by atoms with Gasteiger partial charge in [0.2, 0.25) is 5.91 Å². The molecule has 1 heterocycles. The topological polar surface area (TPSA) is 113 Å². The number of carboxylic acids is 1. The highest BCUT2D eigenvalue weighted by atomic mass is 16.4. The summed E-state index contributed by atoms with van der Waals surface area (Å²) >= 11 is 0. The van der Waals surface area contributed by atoms with Crippen LogP contribution in [0.1, 0.15) is 44.9 Å². The van der Waals surface area contributed by atoms with E-state index >= 15 is 0 Å². The van der Waals surface area contributed by atoms with Crippen molar-refractivity contribution < 1.29 is 19.5 Å². The molecule has 4 N–H and O–H groups in total.